The van der Waals surface area contributed by atoms with Crippen molar-refractivity contribution >= 4 is 21.2 Å². The highest BCUT2D eigenvalue weighted by atomic mass is 32.2. The molecule has 1 aromatic carbocycles. The Morgan fingerprint density at radius 2 is 1.87 bits per heavy atom. The molecule has 4 rings (SSSR count). The first-order valence-corrected chi connectivity index (χ1v) is 11.5. The van der Waals surface area contributed by atoms with Gasteiger partial charge >= 0.3 is 0 Å². The molecule has 1 aliphatic heterocycles. The van der Waals surface area contributed by atoms with E-state index in [1.807, 2.05) is 12.1 Å². The van der Waals surface area contributed by atoms with Crippen LogP contribution >= 0.6 is 0 Å². The molecule has 0 bridgehead atoms. The number of hydrogen-bond acceptors (Lipinski definition) is 4. The largest absolute Gasteiger partial charge is 0.309 e. The van der Waals surface area contributed by atoms with Crippen LogP contribution in [0.2, 0.25) is 0 Å². The van der Waals surface area contributed by atoms with E-state index in [0.717, 1.165) is 41.6 Å². The standard InChI is InChI=1S/C21H24F2N4O2S/c1-14(2)12-20-25-19-4-3-9-24-21(19)27(20)15-7-10-26(11-8-15)30(28,29)16-5-6-17(22)18(23)13-16/h3-6,9,13-15H,7-8,10-12H2,1-2H3. The monoisotopic (exact) mass is 434 g/mol. The van der Waals surface area contributed by atoms with E-state index in [9.17, 15) is 17.2 Å². The lowest BCUT2D eigenvalue weighted by Crippen LogP contribution is -2.39. The van der Waals surface area contributed by atoms with Crippen LogP contribution in [0.4, 0.5) is 8.78 Å². The summed E-state index contributed by atoms with van der Waals surface area (Å²) in [5.41, 5.74) is 1.65. The summed E-state index contributed by atoms with van der Waals surface area (Å²) in [5, 5.41) is 0. The van der Waals surface area contributed by atoms with E-state index in [0.29, 0.717) is 31.8 Å². The quantitative estimate of drug-likeness (QED) is 0.610. The summed E-state index contributed by atoms with van der Waals surface area (Å²) in [6, 6.07) is 6.56. The number of benzene rings is 1. The topological polar surface area (TPSA) is 68.1 Å². The Hall–Kier alpha value is -2.39. The summed E-state index contributed by atoms with van der Waals surface area (Å²) in [6.45, 7) is 4.85. The summed E-state index contributed by atoms with van der Waals surface area (Å²) in [5.74, 6) is -0.847. The molecule has 0 amide bonds. The minimum Gasteiger partial charge on any atom is -0.309 e. The van der Waals surface area contributed by atoms with Crippen molar-refractivity contribution < 1.29 is 17.2 Å². The molecule has 0 spiro atoms. The Morgan fingerprint density at radius 1 is 1.13 bits per heavy atom. The lowest BCUT2D eigenvalue weighted by Gasteiger charge is -2.32. The van der Waals surface area contributed by atoms with Gasteiger partial charge in [-0.1, -0.05) is 13.8 Å². The van der Waals surface area contributed by atoms with Crippen molar-refractivity contribution in [3.05, 3.63) is 54.0 Å². The normalized spacial score (nSPS) is 16.6. The Morgan fingerprint density at radius 3 is 2.53 bits per heavy atom. The van der Waals surface area contributed by atoms with Crippen LogP contribution in [-0.2, 0) is 16.4 Å². The SMILES string of the molecule is CC(C)Cc1nc2cccnc2n1C1CCN(S(=O)(=O)c2ccc(F)c(F)c2)CC1. The highest BCUT2D eigenvalue weighted by molar-refractivity contribution is 7.89. The van der Waals surface area contributed by atoms with Crippen LogP contribution in [0.5, 0.6) is 0 Å². The number of rotatable bonds is 5. The van der Waals surface area contributed by atoms with E-state index in [-0.39, 0.29) is 10.9 Å². The van der Waals surface area contributed by atoms with Gasteiger partial charge in [-0.2, -0.15) is 4.31 Å². The number of halogens is 2. The molecule has 6 nitrogen and oxygen atoms in total. The van der Waals surface area contributed by atoms with Crippen LogP contribution in [-0.4, -0.2) is 40.3 Å². The Bertz CT molecular complexity index is 1170. The van der Waals surface area contributed by atoms with Gasteiger partial charge in [0.2, 0.25) is 10.0 Å². The first kappa shape index (κ1) is 20.9. The molecule has 0 aliphatic carbocycles. The lowest BCUT2D eigenvalue weighted by molar-refractivity contribution is 0.272. The molecule has 0 radical (unpaired) electrons. The zero-order chi connectivity index (χ0) is 21.5. The molecule has 3 aromatic rings. The van der Waals surface area contributed by atoms with Gasteiger partial charge in [0.05, 0.1) is 4.90 Å². The second-order valence-corrected chi connectivity index (χ2v) is 9.99. The van der Waals surface area contributed by atoms with Gasteiger partial charge < -0.3 is 4.57 Å². The van der Waals surface area contributed by atoms with Crippen LogP contribution in [0.15, 0.2) is 41.4 Å². The maximum atomic E-state index is 13.5. The predicted octanol–water partition coefficient (Wildman–Crippen LogP) is 3.93. The van der Waals surface area contributed by atoms with Crippen molar-refractivity contribution in [2.24, 2.45) is 5.92 Å². The molecule has 30 heavy (non-hydrogen) atoms. The molecule has 160 valence electrons. The van der Waals surface area contributed by atoms with Gasteiger partial charge in [-0.25, -0.2) is 27.2 Å². The van der Waals surface area contributed by atoms with Crippen molar-refractivity contribution in [3.8, 4) is 0 Å². The van der Waals surface area contributed by atoms with E-state index in [1.165, 1.54) is 4.31 Å². The summed E-state index contributed by atoms with van der Waals surface area (Å²) >= 11 is 0. The molecule has 9 heteroatoms. The number of sulfonamides is 1. The van der Waals surface area contributed by atoms with Gasteiger partial charge in [0, 0.05) is 31.7 Å². The Labute approximate surface area is 174 Å². The summed E-state index contributed by atoms with van der Waals surface area (Å²) in [7, 11) is -3.88. The van der Waals surface area contributed by atoms with Gasteiger partial charge in [0.1, 0.15) is 11.3 Å². The zero-order valence-corrected chi connectivity index (χ0v) is 17.7. The number of imidazole rings is 1. The third-order valence-electron chi connectivity index (χ3n) is 5.43. The van der Waals surface area contributed by atoms with Crippen LogP contribution in [0, 0.1) is 17.6 Å². The van der Waals surface area contributed by atoms with Gasteiger partial charge in [-0.15, -0.1) is 0 Å². The molecular weight excluding hydrogens is 410 g/mol. The highest BCUT2D eigenvalue weighted by Crippen LogP contribution is 2.31. The minimum atomic E-state index is -3.88. The molecule has 2 aromatic heterocycles. The number of fused-ring (bicyclic) bond motifs is 1. The second-order valence-electron chi connectivity index (χ2n) is 8.05. The summed E-state index contributed by atoms with van der Waals surface area (Å²) in [6.07, 6.45) is 3.73. The smallest absolute Gasteiger partial charge is 0.243 e. The third-order valence-corrected chi connectivity index (χ3v) is 7.32. The number of hydrogen-bond donors (Lipinski definition) is 0. The molecule has 0 unspecified atom stereocenters. The van der Waals surface area contributed by atoms with E-state index in [2.05, 4.69) is 23.4 Å². The van der Waals surface area contributed by atoms with E-state index < -0.39 is 21.7 Å². The highest BCUT2D eigenvalue weighted by Gasteiger charge is 2.32. The van der Waals surface area contributed by atoms with Crippen LogP contribution in [0.25, 0.3) is 11.2 Å². The van der Waals surface area contributed by atoms with Crippen LogP contribution in [0.1, 0.15) is 38.6 Å². The van der Waals surface area contributed by atoms with E-state index >= 15 is 0 Å². The van der Waals surface area contributed by atoms with Gasteiger partial charge in [-0.3, -0.25) is 0 Å². The fraction of sp³-hybridized carbons (Fsp3) is 0.429. The maximum absolute atomic E-state index is 13.5. The average molecular weight is 435 g/mol. The maximum Gasteiger partial charge on any atom is 0.243 e. The zero-order valence-electron chi connectivity index (χ0n) is 16.9. The lowest BCUT2D eigenvalue weighted by atomic mass is 10.1. The minimum absolute atomic E-state index is 0.0788. The molecule has 1 fully saturated rings. The molecule has 1 saturated heterocycles. The molecule has 0 N–H and O–H groups in total. The van der Waals surface area contributed by atoms with Crippen molar-refractivity contribution in [2.45, 2.75) is 44.0 Å². The van der Waals surface area contributed by atoms with E-state index in [1.54, 1.807) is 6.20 Å². The number of nitrogens with zero attached hydrogens (tertiary/aromatic N) is 4. The fourth-order valence-corrected chi connectivity index (χ4v) is 5.48. The van der Waals surface area contributed by atoms with E-state index in [4.69, 9.17) is 4.98 Å². The predicted molar refractivity (Wildman–Crippen MR) is 109 cm³/mol. The molecule has 0 atom stereocenters. The first-order chi connectivity index (χ1) is 14.3. The summed E-state index contributed by atoms with van der Waals surface area (Å²) in [4.78, 5) is 9.04. The first-order valence-electron chi connectivity index (χ1n) is 10.0. The molecular formula is C21H24F2N4O2S. The fourth-order valence-electron chi connectivity index (χ4n) is 4.00. The molecule has 3 heterocycles. The van der Waals surface area contributed by atoms with Crippen LogP contribution in [0.3, 0.4) is 0 Å². The summed E-state index contributed by atoms with van der Waals surface area (Å²) < 4.78 is 56.0. The number of pyridine rings is 1. The van der Waals surface area contributed by atoms with Crippen molar-refractivity contribution in [3.63, 3.8) is 0 Å². The van der Waals surface area contributed by atoms with Crippen molar-refractivity contribution in [2.75, 3.05) is 13.1 Å². The van der Waals surface area contributed by atoms with Gasteiger partial charge in [-0.05, 0) is 49.1 Å². The number of aromatic nitrogens is 3. The number of piperidine rings is 1. The molecule has 1 aliphatic rings. The van der Waals surface area contributed by atoms with Gasteiger partial charge in [0.25, 0.3) is 0 Å². The van der Waals surface area contributed by atoms with Gasteiger partial charge in [0.15, 0.2) is 17.3 Å². The average Bonchev–Trinajstić information content (AvgIpc) is 3.07. The second kappa shape index (κ2) is 8.03. The van der Waals surface area contributed by atoms with Crippen molar-refractivity contribution in [1.29, 1.82) is 0 Å². The van der Waals surface area contributed by atoms with Crippen LogP contribution < -0.4 is 0 Å². The Balaban J connectivity index is 1.58. The van der Waals surface area contributed by atoms with Crippen molar-refractivity contribution in [1.82, 2.24) is 18.8 Å². The Kier molecular flexibility index (Phi) is 5.59. The third kappa shape index (κ3) is 3.83. The molecule has 0 saturated carbocycles.